The highest BCUT2D eigenvalue weighted by molar-refractivity contribution is 6.30. The van der Waals surface area contributed by atoms with Crippen molar-refractivity contribution in [2.24, 2.45) is 11.1 Å². The first-order valence-corrected chi connectivity index (χ1v) is 7.06. The van der Waals surface area contributed by atoms with Crippen LogP contribution in [0.1, 0.15) is 45.1 Å². The summed E-state index contributed by atoms with van der Waals surface area (Å²) < 4.78 is 6.02. The Balaban J connectivity index is 2.11. The van der Waals surface area contributed by atoms with Crippen molar-refractivity contribution in [2.45, 2.75) is 45.6 Å². The molecule has 1 aliphatic rings. The fourth-order valence-corrected chi connectivity index (χ4v) is 2.65. The molecule has 0 radical (unpaired) electrons. The Morgan fingerprint density at radius 1 is 1.37 bits per heavy atom. The Bertz CT molecular complexity index is 475. The molecule has 0 heterocycles. The summed E-state index contributed by atoms with van der Waals surface area (Å²) in [5.74, 6) is 0.646. The molecule has 1 aliphatic carbocycles. The van der Waals surface area contributed by atoms with Crippen LogP contribution in [0.25, 0.3) is 0 Å². The molecule has 0 amide bonds. The summed E-state index contributed by atoms with van der Waals surface area (Å²) in [7, 11) is 0. The number of nitrogens with two attached hydrogens (primary N) is 1. The Hall–Kier alpha value is -1.22. The predicted molar refractivity (Wildman–Crippen MR) is 79.1 cm³/mol. The van der Waals surface area contributed by atoms with Crippen molar-refractivity contribution in [2.75, 3.05) is 0 Å². The summed E-state index contributed by atoms with van der Waals surface area (Å²) >= 11 is 5.99. The van der Waals surface area contributed by atoms with E-state index >= 15 is 0 Å². The molecule has 19 heavy (non-hydrogen) atoms. The van der Waals surface area contributed by atoms with Crippen molar-refractivity contribution in [3.63, 3.8) is 0 Å². The molecule has 4 heteroatoms. The molecule has 1 fully saturated rings. The van der Waals surface area contributed by atoms with E-state index in [4.69, 9.17) is 27.5 Å². The van der Waals surface area contributed by atoms with Crippen LogP contribution in [-0.2, 0) is 0 Å². The number of rotatable bonds is 3. The molecule has 0 aliphatic heterocycles. The number of hydrogen-bond donors (Lipinski definition) is 2. The van der Waals surface area contributed by atoms with Crippen molar-refractivity contribution in [3.8, 4) is 5.75 Å². The van der Waals surface area contributed by atoms with Gasteiger partial charge in [-0.2, -0.15) is 0 Å². The Morgan fingerprint density at radius 2 is 2.00 bits per heavy atom. The number of benzene rings is 1. The highest BCUT2D eigenvalue weighted by Crippen LogP contribution is 2.37. The van der Waals surface area contributed by atoms with Crippen molar-refractivity contribution < 1.29 is 4.74 Å². The van der Waals surface area contributed by atoms with E-state index in [2.05, 4.69) is 13.8 Å². The lowest BCUT2D eigenvalue weighted by Crippen LogP contribution is -2.29. The van der Waals surface area contributed by atoms with E-state index in [0.717, 1.165) is 25.7 Å². The monoisotopic (exact) mass is 280 g/mol. The summed E-state index contributed by atoms with van der Waals surface area (Å²) in [6.45, 7) is 4.59. The molecule has 3 N–H and O–H groups in total. The van der Waals surface area contributed by atoms with E-state index < -0.39 is 0 Å². The summed E-state index contributed by atoms with van der Waals surface area (Å²) in [5.41, 5.74) is 6.61. The van der Waals surface area contributed by atoms with Crippen LogP contribution in [0.4, 0.5) is 0 Å². The van der Waals surface area contributed by atoms with Gasteiger partial charge in [-0.3, -0.25) is 5.41 Å². The van der Waals surface area contributed by atoms with Gasteiger partial charge in [-0.25, -0.2) is 0 Å². The quantitative estimate of drug-likeness (QED) is 0.650. The van der Waals surface area contributed by atoms with Crippen LogP contribution in [0.15, 0.2) is 18.2 Å². The zero-order chi connectivity index (χ0) is 14.0. The van der Waals surface area contributed by atoms with Crippen molar-refractivity contribution in [3.05, 3.63) is 28.8 Å². The molecule has 0 aromatic heterocycles. The minimum atomic E-state index is 0.0165. The van der Waals surface area contributed by atoms with Gasteiger partial charge in [-0.1, -0.05) is 25.4 Å². The summed E-state index contributed by atoms with van der Waals surface area (Å²) in [6.07, 6.45) is 4.60. The largest absolute Gasteiger partial charge is 0.490 e. The average Bonchev–Trinajstić information content (AvgIpc) is 2.31. The maximum atomic E-state index is 7.58. The molecule has 1 saturated carbocycles. The molecule has 0 unspecified atom stereocenters. The van der Waals surface area contributed by atoms with Crippen LogP contribution in [-0.4, -0.2) is 11.9 Å². The van der Waals surface area contributed by atoms with Gasteiger partial charge in [0.2, 0.25) is 0 Å². The zero-order valence-electron chi connectivity index (χ0n) is 11.5. The number of amidine groups is 1. The lowest BCUT2D eigenvalue weighted by atomic mass is 9.76. The minimum absolute atomic E-state index is 0.0165. The maximum absolute atomic E-state index is 7.58. The Labute approximate surface area is 119 Å². The van der Waals surface area contributed by atoms with Crippen molar-refractivity contribution in [1.82, 2.24) is 0 Å². The standard InChI is InChI=1S/C15H21ClN2O/c1-15(2)7-5-11(6-8-15)19-13-9-10(16)3-4-12(13)14(17)18/h3-4,9,11H,5-8H2,1-2H3,(H3,17,18). The minimum Gasteiger partial charge on any atom is -0.490 e. The van der Waals surface area contributed by atoms with Gasteiger partial charge in [0.25, 0.3) is 0 Å². The second-order valence-electron chi connectivity index (χ2n) is 6.04. The summed E-state index contributed by atoms with van der Waals surface area (Å²) in [4.78, 5) is 0. The molecule has 0 saturated heterocycles. The van der Waals surface area contributed by atoms with Crippen LogP contribution in [0, 0.1) is 10.8 Å². The zero-order valence-corrected chi connectivity index (χ0v) is 12.3. The van der Waals surface area contributed by atoms with E-state index in [1.807, 2.05) is 0 Å². The van der Waals surface area contributed by atoms with Gasteiger partial charge >= 0.3 is 0 Å². The molecular formula is C15H21ClN2O. The highest BCUT2D eigenvalue weighted by Gasteiger charge is 2.28. The fraction of sp³-hybridized carbons (Fsp3) is 0.533. The first-order chi connectivity index (χ1) is 8.87. The van der Waals surface area contributed by atoms with Crippen molar-refractivity contribution >= 4 is 17.4 Å². The van der Waals surface area contributed by atoms with Crippen LogP contribution in [0.2, 0.25) is 5.02 Å². The lowest BCUT2D eigenvalue weighted by Gasteiger charge is -2.34. The molecule has 0 atom stereocenters. The molecule has 104 valence electrons. The topological polar surface area (TPSA) is 59.1 Å². The Morgan fingerprint density at radius 3 is 2.58 bits per heavy atom. The third kappa shape index (κ3) is 3.63. The van der Waals surface area contributed by atoms with E-state index in [0.29, 0.717) is 21.8 Å². The van der Waals surface area contributed by atoms with Crippen LogP contribution < -0.4 is 10.5 Å². The number of halogens is 1. The number of nitrogens with one attached hydrogen (secondary N) is 1. The second-order valence-corrected chi connectivity index (χ2v) is 6.47. The van der Waals surface area contributed by atoms with E-state index in [1.54, 1.807) is 18.2 Å². The number of ether oxygens (including phenoxy) is 1. The van der Waals surface area contributed by atoms with Crippen LogP contribution >= 0.6 is 11.6 Å². The molecule has 2 rings (SSSR count). The molecule has 1 aromatic carbocycles. The SMILES string of the molecule is CC1(C)CCC(Oc2cc(Cl)ccc2C(=N)N)CC1. The first-order valence-electron chi connectivity index (χ1n) is 6.68. The number of nitrogen functional groups attached to an aromatic ring is 1. The van der Waals surface area contributed by atoms with Gasteiger partial charge in [-0.05, 0) is 49.3 Å². The summed E-state index contributed by atoms with van der Waals surface area (Å²) in [5, 5.41) is 8.19. The average molecular weight is 281 g/mol. The van der Waals surface area contributed by atoms with Gasteiger partial charge in [0, 0.05) is 5.02 Å². The van der Waals surface area contributed by atoms with Gasteiger partial charge in [-0.15, -0.1) is 0 Å². The molecule has 0 bridgehead atoms. The fourth-order valence-electron chi connectivity index (χ4n) is 2.49. The first kappa shape index (κ1) is 14.2. The third-order valence-electron chi connectivity index (χ3n) is 3.81. The molecular weight excluding hydrogens is 260 g/mol. The van der Waals surface area contributed by atoms with Crippen LogP contribution in [0.5, 0.6) is 5.75 Å². The molecule has 1 aromatic rings. The predicted octanol–water partition coefficient (Wildman–Crippen LogP) is 3.97. The van der Waals surface area contributed by atoms with E-state index in [9.17, 15) is 0 Å². The Kier molecular flexibility index (Phi) is 4.04. The van der Waals surface area contributed by atoms with E-state index in [-0.39, 0.29) is 11.9 Å². The number of hydrogen-bond acceptors (Lipinski definition) is 2. The van der Waals surface area contributed by atoms with Gasteiger partial charge in [0.1, 0.15) is 11.6 Å². The lowest BCUT2D eigenvalue weighted by molar-refractivity contribution is 0.0986. The second kappa shape index (κ2) is 5.41. The molecule has 3 nitrogen and oxygen atoms in total. The van der Waals surface area contributed by atoms with Crippen molar-refractivity contribution in [1.29, 1.82) is 5.41 Å². The van der Waals surface area contributed by atoms with Gasteiger partial charge in [0.05, 0.1) is 11.7 Å². The van der Waals surface area contributed by atoms with E-state index in [1.165, 1.54) is 0 Å². The normalized spacial score (nSPS) is 19.1. The summed E-state index contributed by atoms with van der Waals surface area (Å²) in [6, 6.07) is 5.22. The smallest absolute Gasteiger partial charge is 0.132 e. The molecule has 0 spiro atoms. The van der Waals surface area contributed by atoms with Crippen LogP contribution in [0.3, 0.4) is 0 Å². The maximum Gasteiger partial charge on any atom is 0.132 e. The van der Waals surface area contributed by atoms with Gasteiger partial charge in [0.15, 0.2) is 0 Å². The van der Waals surface area contributed by atoms with Gasteiger partial charge < -0.3 is 10.5 Å². The third-order valence-corrected chi connectivity index (χ3v) is 4.05. The highest BCUT2D eigenvalue weighted by atomic mass is 35.5.